The molecule has 0 saturated heterocycles. The smallest absolute Gasteiger partial charge is 0.408 e. The number of benzene rings is 3. The van der Waals surface area contributed by atoms with Crippen LogP contribution < -0.4 is 10.6 Å². The summed E-state index contributed by atoms with van der Waals surface area (Å²) in [6, 6.07) is 18.8. The Balaban J connectivity index is 1.74. The Bertz CT molecular complexity index is 1050. The van der Waals surface area contributed by atoms with E-state index in [4.69, 9.17) is 4.74 Å². The molecule has 3 aromatic carbocycles. The molecule has 2 N–H and O–H groups in total. The summed E-state index contributed by atoms with van der Waals surface area (Å²) < 4.78 is 18.6. The van der Waals surface area contributed by atoms with Crippen LogP contribution in [0.15, 0.2) is 66.7 Å². The Kier molecular flexibility index (Phi) is 6.90. The average Bonchev–Trinajstić information content (AvgIpc) is 2.71. The number of hydrogen-bond acceptors (Lipinski definition) is 3. The van der Waals surface area contributed by atoms with Crippen molar-refractivity contribution in [2.24, 2.45) is 0 Å². The van der Waals surface area contributed by atoms with Crippen LogP contribution in [0.25, 0.3) is 10.8 Å². The van der Waals surface area contributed by atoms with E-state index in [0.717, 1.165) is 21.9 Å². The van der Waals surface area contributed by atoms with Gasteiger partial charge in [-0.15, -0.1) is 0 Å². The van der Waals surface area contributed by atoms with Crippen LogP contribution in [0.2, 0.25) is 0 Å². The van der Waals surface area contributed by atoms with E-state index in [1.807, 2.05) is 42.5 Å². The summed E-state index contributed by atoms with van der Waals surface area (Å²) in [6.45, 7) is 5.57. The van der Waals surface area contributed by atoms with Crippen LogP contribution in [0.1, 0.15) is 31.9 Å². The molecule has 0 aliphatic heterocycles. The minimum Gasteiger partial charge on any atom is -0.444 e. The second-order valence-electron chi connectivity index (χ2n) is 8.39. The molecule has 2 amide bonds. The molecule has 0 unspecified atom stereocenters. The van der Waals surface area contributed by atoms with E-state index in [9.17, 15) is 14.0 Å². The minimum absolute atomic E-state index is 0.209. The quantitative estimate of drug-likeness (QED) is 0.603. The standard InChI is InChI=1S/C25H27FN2O3/c1-25(2,3)31-24(30)28-22(15-17-11-13-20(26)14-12-17)23(29)27-16-19-9-6-8-18-7-4-5-10-21(18)19/h4-14,22H,15-16H2,1-3H3,(H,27,29)(H,28,30)/t22-/m0/s1. The number of carbonyl (C=O) groups excluding carboxylic acids is 2. The number of amides is 2. The lowest BCUT2D eigenvalue weighted by Gasteiger charge is -2.23. The Morgan fingerprint density at radius 3 is 2.35 bits per heavy atom. The fourth-order valence-corrected chi connectivity index (χ4v) is 3.27. The second-order valence-corrected chi connectivity index (χ2v) is 8.39. The van der Waals surface area contributed by atoms with Crippen LogP contribution in [0, 0.1) is 5.82 Å². The molecule has 0 aromatic heterocycles. The van der Waals surface area contributed by atoms with Gasteiger partial charge in [-0.25, -0.2) is 9.18 Å². The molecule has 0 fully saturated rings. The van der Waals surface area contributed by atoms with Crippen molar-refractivity contribution >= 4 is 22.8 Å². The molecule has 1 atom stereocenters. The lowest BCUT2D eigenvalue weighted by Crippen LogP contribution is -2.49. The topological polar surface area (TPSA) is 67.4 Å². The largest absolute Gasteiger partial charge is 0.444 e. The maximum atomic E-state index is 13.2. The first-order chi connectivity index (χ1) is 14.7. The summed E-state index contributed by atoms with van der Waals surface area (Å²) in [5.74, 6) is -0.705. The van der Waals surface area contributed by atoms with Gasteiger partial charge >= 0.3 is 6.09 Å². The molecule has 0 spiro atoms. The summed E-state index contributed by atoms with van der Waals surface area (Å²) in [6.07, 6.45) is -0.471. The molecular weight excluding hydrogens is 395 g/mol. The van der Waals surface area contributed by atoms with E-state index < -0.39 is 17.7 Å². The van der Waals surface area contributed by atoms with Crippen molar-refractivity contribution in [3.63, 3.8) is 0 Å². The molecule has 0 saturated carbocycles. The van der Waals surface area contributed by atoms with Crippen LogP contribution >= 0.6 is 0 Å². The third-order valence-electron chi connectivity index (χ3n) is 4.69. The van der Waals surface area contributed by atoms with Crippen molar-refractivity contribution in [1.29, 1.82) is 0 Å². The second kappa shape index (κ2) is 9.60. The van der Waals surface area contributed by atoms with Gasteiger partial charge in [0.1, 0.15) is 17.5 Å². The molecule has 5 nitrogen and oxygen atoms in total. The van der Waals surface area contributed by atoms with Gasteiger partial charge in [0, 0.05) is 13.0 Å². The molecule has 3 rings (SSSR count). The van der Waals surface area contributed by atoms with Crippen molar-refractivity contribution in [1.82, 2.24) is 10.6 Å². The fraction of sp³-hybridized carbons (Fsp3) is 0.280. The van der Waals surface area contributed by atoms with Gasteiger partial charge in [-0.1, -0.05) is 54.6 Å². The zero-order valence-corrected chi connectivity index (χ0v) is 17.9. The number of carbonyl (C=O) groups is 2. The van der Waals surface area contributed by atoms with Gasteiger partial charge in [0.25, 0.3) is 0 Å². The Morgan fingerprint density at radius 2 is 1.65 bits per heavy atom. The van der Waals surface area contributed by atoms with Gasteiger partial charge in [-0.3, -0.25) is 4.79 Å². The molecular formula is C25H27FN2O3. The van der Waals surface area contributed by atoms with Crippen LogP contribution in [0.5, 0.6) is 0 Å². The number of nitrogens with one attached hydrogen (secondary N) is 2. The zero-order valence-electron chi connectivity index (χ0n) is 17.9. The Labute approximate surface area is 181 Å². The maximum Gasteiger partial charge on any atom is 0.408 e. The van der Waals surface area contributed by atoms with Gasteiger partial charge in [-0.05, 0) is 54.8 Å². The van der Waals surface area contributed by atoms with Crippen molar-refractivity contribution in [2.45, 2.75) is 45.4 Å². The third kappa shape index (κ3) is 6.54. The van der Waals surface area contributed by atoms with E-state index in [1.54, 1.807) is 32.9 Å². The minimum atomic E-state index is -0.865. The lowest BCUT2D eigenvalue weighted by atomic mass is 10.0. The number of fused-ring (bicyclic) bond motifs is 1. The number of rotatable bonds is 6. The zero-order chi connectivity index (χ0) is 22.4. The average molecular weight is 423 g/mol. The van der Waals surface area contributed by atoms with Gasteiger partial charge in [0.05, 0.1) is 0 Å². The first kappa shape index (κ1) is 22.3. The predicted octanol–water partition coefficient (Wildman–Crippen LogP) is 4.73. The Morgan fingerprint density at radius 1 is 0.968 bits per heavy atom. The molecule has 0 aliphatic rings. The summed E-state index contributed by atoms with van der Waals surface area (Å²) in [7, 11) is 0. The number of ether oxygens (including phenoxy) is 1. The van der Waals surface area contributed by atoms with E-state index in [0.29, 0.717) is 6.54 Å². The molecule has 6 heteroatoms. The predicted molar refractivity (Wildman–Crippen MR) is 119 cm³/mol. The first-order valence-corrected chi connectivity index (χ1v) is 10.2. The highest BCUT2D eigenvalue weighted by molar-refractivity contribution is 5.88. The number of halogens is 1. The molecule has 0 bridgehead atoms. The van der Waals surface area contributed by atoms with Crippen molar-refractivity contribution < 1.29 is 18.7 Å². The van der Waals surface area contributed by atoms with Crippen LogP contribution in [0.4, 0.5) is 9.18 Å². The Hall–Kier alpha value is -3.41. The van der Waals surface area contributed by atoms with Crippen molar-refractivity contribution in [2.75, 3.05) is 0 Å². The maximum absolute atomic E-state index is 13.2. The van der Waals surface area contributed by atoms with Gasteiger partial charge in [-0.2, -0.15) is 0 Å². The molecule has 3 aromatic rings. The number of hydrogen-bond donors (Lipinski definition) is 2. The van der Waals surface area contributed by atoms with E-state index in [1.165, 1.54) is 12.1 Å². The highest BCUT2D eigenvalue weighted by atomic mass is 19.1. The molecule has 0 heterocycles. The molecule has 0 radical (unpaired) electrons. The van der Waals surface area contributed by atoms with Gasteiger partial charge < -0.3 is 15.4 Å². The molecule has 162 valence electrons. The normalized spacial score (nSPS) is 12.3. The van der Waals surface area contributed by atoms with Crippen LogP contribution in [-0.4, -0.2) is 23.6 Å². The van der Waals surface area contributed by atoms with Crippen molar-refractivity contribution in [3.8, 4) is 0 Å². The highest BCUT2D eigenvalue weighted by Crippen LogP contribution is 2.18. The summed E-state index contributed by atoms with van der Waals surface area (Å²) in [4.78, 5) is 25.3. The van der Waals surface area contributed by atoms with E-state index >= 15 is 0 Å². The lowest BCUT2D eigenvalue weighted by molar-refractivity contribution is -0.123. The van der Waals surface area contributed by atoms with E-state index in [-0.39, 0.29) is 18.1 Å². The summed E-state index contributed by atoms with van der Waals surface area (Å²) >= 11 is 0. The monoisotopic (exact) mass is 422 g/mol. The summed E-state index contributed by atoms with van der Waals surface area (Å²) in [5, 5.41) is 7.69. The van der Waals surface area contributed by atoms with Gasteiger partial charge in [0.2, 0.25) is 5.91 Å². The SMILES string of the molecule is CC(C)(C)OC(=O)N[C@@H](Cc1ccc(F)cc1)C(=O)NCc1cccc2ccccc12. The van der Waals surface area contributed by atoms with E-state index in [2.05, 4.69) is 10.6 Å². The molecule has 0 aliphatic carbocycles. The van der Waals surface area contributed by atoms with Gasteiger partial charge in [0.15, 0.2) is 0 Å². The highest BCUT2D eigenvalue weighted by Gasteiger charge is 2.24. The first-order valence-electron chi connectivity index (χ1n) is 10.2. The summed E-state index contributed by atoms with van der Waals surface area (Å²) in [5.41, 5.74) is 1.01. The molecule has 31 heavy (non-hydrogen) atoms. The third-order valence-corrected chi connectivity index (χ3v) is 4.69. The fourth-order valence-electron chi connectivity index (χ4n) is 3.27. The van der Waals surface area contributed by atoms with Crippen molar-refractivity contribution in [3.05, 3.63) is 83.7 Å². The number of alkyl carbamates (subject to hydrolysis) is 1. The van der Waals surface area contributed by atoms with Crippen LogP contribution in [0.3, 0.4) is 0 Å². The van der Waals surface area contributed by atoms with Crippen LogP contribution in [-0.2, 0) is 22.5 Å².